The van der Waals surface area contributed by atoms with Gasteiger partial charge in [-0.25, -0.2) is 0 Å². The number of hydrogen-bond donors (Lipinski definition) is 6. The van der Waals surface area contributed by atoms with E-state index in [1.54, 1.807) is 0 Å². The maximum absolute atomic E-state index is 11.0. The van der Waals surface area contributed by atoms with Crippen molar-refractivity contribution >= 4 is 15.2 Å². The molecule has 0 radical (unpaired) electrons. The van der Waals surface area contributed by atoms with Gasteiger partial charge in [0, 0.05) is 0 Å². The minimum atomic E-state index is -3.92. The van der Waals surface area contributed by atoms with Crippen molar-refractivity contribution in [1.29, 1.82) is 0 Å². The zero-order valence-corrected chi connectivity index (χ0v) is 18.2. The smallest absolute Gasteiger partial charge is 0.326 e. The van der Waals surface area contributed by atoms with Gasteiger partial charge in [-0.2, -0.15) is 0 Å². The quantitative estimate of drug-likeness (QED) is 0.351. The highest BCUT2D eigenvalue weighted by molar-refractivity contribution is 7.52. The summed E-state index contributed by atoms with van der Waals surface area (Å²) in [5, 5.41) is 0. The third kappa shape index (κ3) is 9.51. The van der Waals surface area contributed by atoms with Gasteiger partial charge in [0.25, 0.3) is 0 Å². The molecule has 0 amide bonds. The van der Waals surface area contributed by atoms with Gasteiger partial charge in [0.1, 0.15) is 0 Å². The largest absolute Gasteiger partial charge is 0.330 e. The Morgan fingerprint density at radius 2 is 1.26 bits per heavy atom. The summed E-state index contributed by atoms with van der Waals surface area (Å²) >= 11 is 0. The predicted molar refractivity (Wildman–Crippen MR) is 108 cm³/mol. The van der Waals surface area contributed by atoms with Gasteiger partial charge in [-0.1, -0.05) is 39.0 Å². The SMILES string of the molecule is CC1CCCC(CN)(CP(=O)(O)O)C1.NCC1(CP(=O)(O)O)CCCCC1. The molecule has 0 spiro atoms. The Labute approximate surface area is 162 Å². The molecule has 0 aliphatic heterocycles. The monoisotopic (exact) mass is 428 g/mol. The van der Waals surface area contributed by atoms with Crippen molar-refractivity contribution in [3.8, 4) is 0 Å². The van der Waals surface area contributed by atoms with E-state index in [4.69, 9.17) is 31.0 Å². The summed E-state index contributed by atoms with van der Waals surface area (Å²) in [6.45, 7) is 2.92. The Morgan fingerprint density at radius 1 is 0.815 bits per heavy atom. The lowest BCUT2D eigenvalue weighted by atomic mass is 9.71. The van der Waals surface area contributed by atoms with Gasteiger partial charge >= 0.3 is 15.2 Å². The first kappa shape index (κ1) is 25.3. The third-order valence-electron chi connectivity index (χ3n) is 6.05. The van der Waals surface area contributed by atoms with Gasteiger partial charge in [0.2, 0.25) is 0 Å². The Kier molecular flexibility index (Phi) is 9.64. The molecule has 8 N–H and O–H groups in total. The van der Waals surface area contributed by atoms with Crippen LogP contribution < -0.4 is 11.5 Å². The maximum atomic E-state index is 11.0. The van der Waals surface area contributed by atoms with E-state index in [9.17, 15) is 9.13 Å². The molecule has 0 heterocycles. The molecule has 0 bridgehead atoms. The first-order valence-electron chi connectivity index (χ1n) is 9.84. The van der Waals surface area contributed by atoms with Gasteiger partial charge in [-0.05, 0) is 55.5 Å². The molecular formula is C17H38N2O6P2. The lowest BCUT2D eigenvalue weighted by Crippen LogP contribution is -2.38. The number of nitrogens with two attached hydrogens (primary N) is 2. The summed E-state index contributed by atoms with van der Waals surface area (Å²) in [5.74, 6) is 0.541. The molecule has 2 saturated carbocycles. The fourth-order valence-corrected chi connectivity index (χ4v) is 7.37. The van der Waals surface area contributed by atoms with E-state index < -0.39 is 15.2 Å². The Balaban J connectivity index is 0.000000271. The molecule has 0 aromatic rings. The van der Waals surface area contributed by atoms with Crippen molar-refractivity contribution in [2.45, 2.75) is 64.7 Å². The van der Waals surface area contributed by atoms with Crippen LogP contribution in [0.5, 0.6) is 0 Å². The Bertz CT molecular complexity index is 544. The van der Waals surface area contributed by atoms with Crippen LogP contribution in [0.15, 0.2) is 0 Å². The van der Waals surface area contributed by atoms with Crippen LogP contribution in [0.1, 0.15) is 64.7 Å². The van der Waals surface area contributed by atoms with Crippen LogP contribution >= 0.6 is 15.2 Å². The second-order valence-corrected chi connectivity index (χ2v) is 12.1. The Morgan fingerprint density at radius 3 is 1.67 bits per heavy atom. The van der Waals surface area contributed by atoms with Crippen LogP contribution in [0.4, 0.5) is 0 Å². The van der Waals surface area contributed by atoms with Crippen LogP contribution in [0.3, 0.4) is 0 Å². The molecule has 2 atom stereocenters. The summed E-state index contributed by atoms with van der Waals surface area (Å²) in [5.41, 5.74) is 10.7. The average molecular weight is 428 g/mol. The molecular weight excluding hydrogens is 390 g/mol. The van der Waals surface area contributed by atoms with Gasteiger partial charge in [-0.15, -0.1) is 0 Å². The zero-order chi connectivity index (χ0) is 20.8. The third-order valence-corrected chi connectivity index (χ3v) is 8.21. The van der Waals surface area contributed by atoms with Crippen LogP contribution in [-0.2, 0) is 9.13 Å². The highest BCUT2D eigenvalue weighted by Gasteiger charge is 2.39. The van der Waals surface area contributed by atoms with Crippen LogP contribution in [0, 0.1) is 16.7 Å². The van der Waals surface area contributed by atoms with Crippen molar-refractivity contribution in [2.75, 3.05) is 25.4 Å². The fraction of sp³-hybridized carbons (Fsp3) is 1.00. The van der Waals surface area contributed by atoms with E-state index in [0.717, 1.165) is 51.4 Å². The van der Waals surface area contributed by atoms with Crippen LogP contribution in [0.25, 0.3) is 0 Å². The van der Waals surface area contributed by atoms with Crippen molar-refractivity contribution in [3.05, 3.63) is 0 Å². The molecule has 2 fully saturated rings. The topological polar surface area (TPSA) is 167 Å². The highest BCUT2D eigenvalue weighted by atomic mass is 31.2. The summed E-state index contributed by atoms with van der Waals surface area (Å²) in [6, 6.07) is 0. The van der Waals surface area contributed by atoms with E-state index in [2.05, 4.69) is 6.92 Å². The van der Waals surface area contributed by atoms with E-state index in [0.29, 0.717) is 19.0 Å². The molecule has 2 aliphatic rings. The molecule has 10 heteroatoms. The van der Waals surface area contributed by atoms with Crippen molar-refractivity contribution < 1.29 is 28.7 Å². The molecule has 162 valence electrons. The van der Waals surface area contributed by atoms with Gasteiger partial charge < -0.3 is 31.0 Å². The standard InChI is InChI=1S/C9H20NO3P.C8H18NO3P/c1-8-3-2-4-9(5-8,6-10)7-14(11,12)13;9-6-8(7-13(10,11)12)4-2-1-3-5-8/h8H,2-7,10H2,1H3,(H2,11,12,13);1-7,9H2,(H2,10,11,12). The van der Waals surface area contributed by atoms with Crippen molar-refractivity contribution in [3.63, 3.8) is 0 Å². The maximum Gasteiger partial charge on any atom is 0.326 e. The molecule has 0 aromatic carbocycles. The normalized spacial score (nSPS) is 28.9. The molecule has 0 aromatic heterocycles. The lowest BCUT2D eigenvalue weighted by molar-refractivity contribution is 0.171. The van der Waals surface area contributed by atoms with E-state index in [-0.39, 0.29) is 23.2 Å². The van der Waals surface area contributed by atoms with Gasteiger partial charge in [-0.3, -0.25) is 9.13 Å². The summed E-state index contributed by atoms with van der Waals surface area (Å²) in [7, 11) is -7.82. The predicted octanol–water partition coefficient (Wildman–Crippen LogP) is 2.39. The minimum absolute atomic E-state index is 0.0312. The molecule has 8 nitrogen and oxygen atoms in total. The molecule has 27 heavy (non-hydrogen) atoms. The fourth-order valence-electron chi connectivity index (χ4n) is 4.76. The first-order valence-corrected chi connectivity index (χ1v) is 13.4. The first-order chi connectivity index (χ1) is 12.3. The second kappa shape index (κ2) is 10.3. The van der Waals surface area contributed by atoms with Crippen molar-refractivity contribution in [2.24, 2.45) is 28.2 Å². The lowest BCUT2D eigenvalue weighted by Gasteiger charge is -2.39. The van der Waals surface area contributed by atoms with Crippen molar-refractivity contribution in [1.82, 2.24) is 0 Å². The summed E-state index contributed by atoms with van der Waals surface area (Å²) < 4.78 is 21.9. The summed E-state index contributed by atoms with van der Waals surface area (Å²) in [6.07, 6.45) is 8.85. The second-order valence-electron chi connectivity index (χ2n) is 8.82. The average Bonchev–Trinajstić information content (AvgIpc) is 2.53. The van der Waals surface area contributed by atoms with E-state index in [1.165, 1.54) is 6.42 Å². The zero-order valence-electron chi connectivity index (χ0n) is 16.4. The highest BCUT2D eigenvalue weighted by Crippen LogP contribution is 2.49. The number of rotatable bonds is 6. The minimum Gasteiger partial charge on any atom is -0.330 e. The number of hydrogen-bond acceptors (Lipinski definition) is 4. The molecule has 2 unspecified atom stereocenters. The van der Waals surface area contributed by atoms with Crippen LogP contribution in [0.2, 0.25) is 0 Å². The molecule has 2 rings (SSSR count). The van der Waals surface area contributed by atoms with Crippen LogP contribution in [-0.4, -0.2) is 45.0 Å². The van der Waals surface area contributed by atoms with Gasteiger partial charge in [0.05, 0.1) is 12.3 Å². The molecule has 2 aliphatic carbocycles. The van der Waals surface area contributed by atoms with E-state index >= 15 is 0 Å². The molecule has 0 saturated heterocycles. The summed E-state index contributed by atoms with van der Waals surface area (Å²) in [4.78, 5) is 35.9. The van der Waals surface area contributed by atoms with Gasteiger partial charge in [0.15, 0.2) is 0 Å². The Hall–Kier alpha value is 0.220. The van der Waals surface area contributed by atoms with E-state index in [1.807, 2.05) is 0 Å².